The molecule has 0 bridgehead atoms. The molecule has 52 heavy (non-hydrogen) atoms. The Hall–Kier alpha value is -1.89. The fraction of sp³-hybridized carbons (Fsp3) is 0.889. The predicted molar refractivity (Wildman–Crippen MR) is 207 cm³/mol. The number of carbonyl (C=O) groups is 3. The topological polar surface area (TPSA) is 95.9 Å². The van der Waals surface area contributed by atoms with E-state index in [0.29, 0.717) is 54.0 Å². The molecule has 0 aliphatic heterocycles. The third-order valence-electron chi connectivity index (χ3n) is 17.7. The molecule has 294 valence electrons. The van der Waals surface area contributed by atoms with Crippen molar-refractivity contribution < 1.29 is 24.2 Å². The summed E-state index contributed by atoms with van der Waals surface area (Å²) in [5.41, 5.74) is 1.20. The molecule has 0 aromatic heterocycles. The highest BCUT2D eigenvalue weighted by Gasteiger charge is 2.71. The molecule has 0 saturated heterocycles. The van der Waals surface area contributed by atoms with Crippen molar-refractivity contribution in [3.63, 3.8) is 0 Å². The van der Waals surface area contributed by atoms with Crippen LogP contribution in [0.15, 0.2) is 12.2 Å². The lowest BCUT2D eigenvalue weighted by molar-refractivity contribution is -0.250. The van der Waals surface area contributed by atoms with E-state index in [1.165, 1.54) is 44.1 Å². The number of carbonyl (C=O) groups excluding carboxylic acids is 2. The molecule has 0 heterocycles. The fourth-order valence-electron chi connectivity index (χ4n) is 15.0. The number of rotatable bonds is 10. The Morgan fingerprint density at radius 1 is 0.846 bits per heavy atom. The Kier molecular flexibility index (Phi) is 10.5. The molecule has 0 aromatic carbocycles. The number of amides is 1. The van der Waals surface area contributed by atoms with Crippen molar-refractivity contribution in [2.75, 3.05) is 14.1 Å². The highest BCUT2D eigenvalue weighted by molar-refractivity contribution is 5.77. The van der Waals surface area contributed by atoms with Crippen molar-refractivity contribution >= 4 is 17.8 Å². The normalized spacial score (nSPS) is 43.8. The highest BCUT2D eigenvalue weighted by Crippen LogP contribution is 2.78. The van der Waals surface area contributed by atoms with Gasteiger partial charge >= 0.3 is 11.9 Å². The van der Waals surface area contributed by atoms with Crippen molar-refractivity contribution in [3.8, 4) is 0 Å². The second-order valence-corrected chi connectivity index (χ2v) is 21.7. The number of nitrogens with zero attached hydrogens (tertiary/aromatic N) is 1. The molecule has 6 aliphatic carbocycles. The molecule has 6 rings (SSSR count). The predicted octanol–water partition coefficient (Wildman–Crippen LogP) is 9.44. The van der Waals surface area contributed by atoms with E-state index in [1.807, 2.05) is 13.8 Å². The molecule has 0 radical (unpaired) electrons. The van der Waals surface area contributed by atoms with Crippen molar-refractivity contribution in [2.45, 2.75) is 176 Å². The van der Waals surface area contributed by atoms with Crippen LogP contribution < -0.4 is 5.32 Å². The van der Waals surface area contributed by atoms with Gasteiger partial charge in [-0.15, -0.1) is 0 Å². The smallest absolute Gasteiger partial charge is 0.306 e. The van der Waals surface area contributed by atoms with Crippen LogP contribution in [0, 0.1) is 62.1 Å². The molecule has 12 atom stereocenters. The number of allylic oxidation sites excluding steroid dienone is 1. The third-order valence-corrected chi connectivity index (χ3v) is 17.7. The molecule has 1 amide bonds. The van der Waals surface area contributed by atoms with Gasteiger partial charge in [-0.2, -0.15) is 0 Å². The second kappa shape index (κ2) is 13.7. The zero-order valence-corrected chi connectivity index (χ0v) is 34.7. The summed E-state index contributed by atoms with van der Waals surface area (Å²) >= 11 is 0. The van der Waals surface area contributed by atoms with Crippen LogP contribution in [0.5, 0.6) is 0 Å². The summed E-state index contributed by atoms with van der Waals surface area (Å²) in [5.74, 6) is 1.84. The van der Waals surface area contributed by atoms with Crippen molar-refractivity contribution in [1.29, 1.82) is 0 Å². The maximum atomic E-state index is 14.0. The molecule has 6 aliphatic rings. The average Bonchev–Trinajstić information content (AvgIpc) is 3.63. The first-order valence-electron chi connectivity index (χ1n) is 21.1. The summed E-state index contributed by atoms with van der Waals surface area (Å²) < 4.78 is 6.29. The second-order valence-electron chi connectivity index (χ2n) is 21.7. The first-order chi connectivity index (χ1) is 24.1. The maximum absolute atomic E-state index is 14.0. The van der Waals surface area contributed by atoms with Crippen molar-refractivity contribution in [1.82, 2.24) is 10.2 Å². The van der Waals surface area contributed by atoms with Gasteiger partial charge in [-0.05, 0) is 161 Å². The Morgan fingerprint density at radius 2 is 1.56 bits per heavy atom. The first kappa shape index (κ1) is 39.8. The summed E-state index contributed by atoms with van der Waals surface area (Å²) in [6, 6.07) is 0.871. The zero-order valence-electron chi connectivity index (χ0n) is 34.7. The first-order valence-corrected chi connectivity index (χ1v) is 21.1. The monoisotopic (exact) mass is 723 g/mol. The van der Waals surface area contributed by atoms with Gasteiger partial charge in [0.1, 0.15) is 6.10 Å². The van der Waals surface area contributed by atoms with Crippen LogP contribution >= 0.6 is 0 Å². The molecule has 3 unspecified atom stereocenters. The molecule has 2 N–H and O–H groups in total. The number of hydrogen-bond donors (Lipinski definition) is 2. The van der Waals surface area contributed by atoms with Crippen molar-refractivity contribution in [3.05, 3.63) is 12.2 Å². The number of nitrogens with one attached hydrogen (secondary N) is 1. The number of ether oxygens (including phenoxy) is 1. The van der Waals surface area contributed by atoms with Gasteiger partial charge in [0, 0.05) is 23.9 Å². The zero-order chi connectivity index (χ0) is 38.2. The van der Waals surface area contributed by atoms with Crippen molar-refractivity contribution in [2.24, 2.45) is 62.1 Å². The summed E-state index contributed by atoms with van der Waals surface area (Å²) in [6.45, 7) is 23.1. The number of fused-ring (bicyclic) bond motifs is 7. The van der Waals surface area contributed by atoms with E-state index in [1.54, 1.807) is 0 Å². The van der Waals surface area contributed by atoms with E-state index in [4.69, 9.17) is 4.74 Å². The summed E-state index contributed by atoms with van der Waals surface area (Å²) in [7, 11) is 4.32. The molecule has 6 saturated carbocycles. The van der Waals surface area contributed by atoms with Gasteiger partial charge in [-0.25, -0.2) is 0 Å². The number of carboxylic acids is 1. The highest BCUT2D eigenvalue weighted by atomic mass is 16.5. The number of hydrogen-bond acceptors (Lipinski definition) is 5. The Bertz CT molecular complexity index is 1420. The van der Waals surface area contributed by atoms with Gasteiger partial charge in [-0.3, -0.25) is 14.4 Å². The van der Waals surface area contributed by atoms with E-state index < -0.39 is 11.4 Å². The van der Waals surface area contributed by atoms with Gasteiger partial charge in [0.15, 0.2) is 0 Å². The van der Waals surface area contributed by atoms with Gasteiger partial charge in [0.05, 0.1) is 12.8 Å². The Balaban J connectivity index is 1.20. The van der Waals surface area contributed by atoms with Crippen LogP contribution in [0.25, 0.3) is 0 Å². The molecule has 7 heteroatoms. The minimum Gasteiger partial charge on any atom is -0.481 e. The van der Waals surface area contributed by atoms with Crippen LogP contribution in [-0.4, -0.2) is 60.1 Å². The van der Waals surface area contributed by atoms with Crippen LogP contribution in [0.2, 0.25) is 0 Å². The number of esters is 1. The molecule has 0 spiro atoms. The fourth-order valence-corrected chi connectivity index (χ4v) is 15.0. The summed E-state index contributed by atoms with van der Waals surface area (Å²) in [5, 5.41) is 12.9. The molecular formula is C45H74N2O5. The van der Waals surface area contributed by atoms with Crippen LogP contribution in [0.4, 0.5) is 0 Å². The minimum atomic E-state index is -0.879. The van der Waals surface area contributed by atoms with Crippen LogP contribution in [0.3, 0.4) is 0 Å². The minimum absolute atomic E-state index is 0.0446. The lowest BCUT2D eigenvalue weighted by atomic mass is 9.32. The van der Waals surface area contributed by atoms with E-state index in [-0.39, 0.29) is 52.0 Å². The Morgan fingerprint density at radius 3 is 2.19 bits per heavy atom. The summed E-state index contributed by atoms with van der Waals surface area (Å²) in [6.07, 6.45) is 15.4. The van der Waals surface area contributed by atoms with Gasteiger partial charge in [0.25, 0.3) is 0 Å². The molecule has 7 nitrogen and oxygen atoms in total. The number of aliphatic carboxylic acids is 1. The molecular weight excluding hydrogens is 649 g/mol. The molecule has 6 fully saturated rings. The lowest BCUT2D eigenvalue weighted by Gasteiger charge is -2.73. The van der Waals surface area contributed by atoms with E-state index in [2.05, 4.69) is 72.4 Å². The summed E-state index contributed by atoms with van der Waals surface area (Å²) in [4.78, 5) is 40.9. The average molecular weight is 723 g/mol. The number of carboxylic acid groups (broad SMARTS) is 1. The van der Waals surface area contributed by atoms with Gasteiger partial charge < -0.3 is 20.1 Å². The van der Waals surface area contributed by atoms with E-state index in [0.717, 1.165) is 44.9 Å². The SMILES string of the molecule is C=C(C)[C@@H]1CC[C@]2(CC(=O)N[C@H]3CC[C@@H](N(C)C)C3)CC[C@]3(C)[C@H](CCC4[C@@]5(C)CC[C@H](OC(=O)CC(C)(C)CC(=O)O)C(C)(C)C5CC[C@]43C)C12. The quantitative estimate of drug-likeness (QED) is 0.172. The van der Waals surface area contributed by atoms with E-state index in [9.17, 15) is 19.5 Å². The molecule has 0 aromatic rings. The van der Waals surface area contributed by atoms with Crippen LogP contribution in [-0.2, 0) is 19.1 Å². The van der Waals surface area contributed by atoms with Gasteiger partial charge in [0.2, 0.25) is 5.91 Å². The van der Waals surface area contributed by atoms with Gasteiger partial charge in [-0.1, -0.05) is 60.6 Å². The lowest BCUT2D eigenvalue weighted by Crippen LogP contribution is -2.67. The largest absolute Gasteiger partial charge is 0.481 e. The third kappa shape index (κ3) is 6.61. The van der Waals surface area contributed by atoms with Crippen LogP contribution in [0.1, 0.15) is 158 Å². The standard InChI is InChI=1S/C45H74N2O5/c1-28(2)31-16-21-45(25-36(48)46-29-12-13-30(24-29)47(10)11)23-22-43(8)32(39(31)45)14-15-34-42(7)19-18-35(41(5,6)33(42)17-20-44(34,43)9)52-38(51)27-40(3,4)26-37(49)50/h29-35,39H,1,12-27H2,2-11H3,(H,46,48)(H,49,50)/t29-,30+,31-,32+,33?,34?,35-,39?,42-,43+,44+,45+/m0/s1. The Labute approximate surface area is 316 Å². The van der Waals surface area contributed by atoms with E-state index >= 15 is 0 Å². The maximum Gasteiger partial charge on any atom is 0.306 e.